The van der Waals surface area contributed by atoms with E-state index in [2.05, 4.69) is 11.8 Å². The molecule has 3 nitrogen and oxygen atoms in total. The molecule has 0 spiro atoms. The summed E-state index contributed by atoms with van der Waals surface area (Å²) in [4.78, 5) is 14.6. The summed E-state index contributed by atoms with van der Waals surface area (Å²) < 4.78 is 0. The van der Waals surface area contributed by atoms with E-state index in [-0.39, 0.29) is 12.0 Å². The van der Waals surface area contributed by atoms with E-state index in [1.165, 1.54) is 25.7 Å². The van der Waals surface area contributed by atoms with Crippen molar-refractivity contribution in [3.8, 4) is 0 Å². The summed E-state index contributed by atoms with van der Waals surface area (Å²) in [6.07, 6.45) is 8.08. The van der Waals surface area contributed by atoms with E-state index in [0.29, 0.717) is 5.91 Å². The fraction of sp³-hybridized carbons (Fsp3) is 0.929. The van der Waals surface area contributed by atoms with Gasteiger partial charge in [-0.2, -0.15) is 0 Å². The van der Waals surface area contributed by atoms with Crippen molar-refractivity contribution in [2.75, 3.05) is 13.1 Å². The fourth-order valence-electron chi connectivity index (χ4n) is 2.87. The van der Waals surface area contributed by atoms with Crippen molar-refractivity contribution in [3.63, 3.8) is 0 Å². The molecule has 0 radical (unpaired) electrons. The molecule has 0 bridgehead atoms. The summed E-state index contributed by atoms with van der Waals surface area (Å²) >= 11 is 0. The maximum Gasteiger partial charge on any atom is 0.227 e. The van der Waals surface area contributed by atoms with Gasteiger partial charge < -0.3 is 10.6 Å². The molecule has 17 heavy (non-hydrogen) atoms. The lowest BCUT2D eigenvalue weighted by atomic mass is 9.84. The number of rotatable bonds is 5. The summed E-state index contributed by atoms with van der Waals surface area (Å²) in [5, 5.41) is 0. The smallest absolute Gasteiger partial charge is 0.227 e. The third-order valence-corrected chi connectivity index (χ3v) is 4.12. The first-order valence-electron chi connectivity index (χ1n) is 7.26. The van der Waals surface area contributed by atoms with Crippen molar-refractivity contribution in [1.82, 2.24) is 4.90 Å². The molecule has 2 saturated carbocycles. The first-order chi connectivity index (χ1) is 8.22. The molecule has 0 heterocycles. The van der Waals surface area contributed by atoms with Crippen LogP contribution in [0.3, 0.4) is 0 Å². The average molecular weight is 238 g/mol. The van der Waals surface area contributed by atoms with Crippen molar-refractivity contribution < 1.29 is 4.79 Å². The normalized spacial score (nSPS) is 29.1. The van der Waals surface area contributed by atoms with E-state index in [4.69, 9.17) is 5.73 Å². The van der Waals surface area contributed by atoms with E-state index >= 15 is 0 Å². The number of amides is 1. The van der Waals surface area contributed by atoms with E-state index in [1.807, 2.05) is 0 Å². The number of nitrogens with zero attached hydrogens (tertiary/aromatic N) is 1. The molecule has 0 aromatic carbocycles. The van der Waals surface area contributed by atoms with Crippen molar-refractivity contribution in [2.24, 2.45) is 17.6 Å². The van der Waals surface area contributed by atoms with Crippen LogP contribution in [0.4, 0.5) is 0 Å². The molecule has 2 aliphatic rings. The fourth-order valence-corrected chi connectivity index (χ4v) is 2.87. The van der Waals surface area contributed by atoms with Gasteiger partial charge in [-0.15, -0.1) is 0 Å². The Bertz CT molecular complexity index is 263. The topological polar surface area (TPSA) is 46.3 Å². The molecule has 2 rings (SSSR count). The zero-order valence-corrected chi connectivity index (χ0v) is 11.0. The molecule has 0 aromatic rings. The highest BCUT2D eigenvalue weighted by Crippen LogP contribution is 2.31. The summed E-state index contributed by atoms with van der Waals surface area (Å²) in [5.74, 6) is 1.23. The predicted octanol–water partition coefficient (Wildman–Crippen LogP) is 2.15. The Kier molecular flexibility index (Phi) is 4.43. The first-order valence-corrected chi connectivity index (χ1v) is 7.26. The largest absolute Gasteiger partial charge is 0.342 e. The van der Waals surface area contributed by atoms with Gasteiger partial charge >= 0.3 is 0 Å². The first kappa shape index (κ1) is 12.9. The summed E-state index contributed by atoms with van der Waals surface area (Å²) in [5.41, 5.74) is 6.11. The molecule has 0 aliphatic heterocycles. The Morgan fingerprint density at radius 2 is 1.94 bits per heavy atom. The number of hydrogen-bond donors (Lipinski definition) is 1. The quantitative estimate of drug-likeness (QED) is 0.797. The number of carbonyl (C=O) groups is 1. The predicted molar refractivity (Wildman–Crippen MR) is 69.5 cm³/mol. The average Bonchev–Trinajstić information content (AvgIpc) is 3.12. The Morgan fingerprint density at radius 1 is 1.24 bits per heavy atom. The van der Waals surface area contributed by atoms with E-state index in [0.717, 1.165) is 38.3 Å². The van der Waals surface area contributed by atoms with Crippen LogP contribution in [-0.4, -0.2) is 29.9 Å². The molecule has 3 heteroatoms. The van der Waals surface area contributed by atoms with Crippen molar-refractivity contribution in [3.05, 3.63) is 0 Å². The number of nitrogens with two attached hydrogens (primary N) is 1. The van der Waals surface area contributed by atoms with Crippen LogP contribution in [0.25, 0.3) is 0 Å². The second kappa shape index (κ2) is 5.85. The van der Waals surface area contributed by atoms with Gasteiger partial charge in [0, 0.05) is 19.1 Å². The van der Waals surface area contributed by atoms with Crippen LogP contribution in [-0.2, 0) is 4.79 Å². The highest BCUT2D eigenvalue weighted by atomic mass is 16.2. The number of hydrogen-bond acceptors (Lipinski definition) is 2. The Balaban J connectivity index is 1.92. The van der Waals surface area contributed by atoms with Crippen LogP contribution < -0.4 is 5.73 Å². The van der Waals surface area contributed by atoms with E-state index < -0.39 is 0 Å². The zero-order valence-electron chi connectivity index (χ0n) is 11.0. The molecule has 0 saturated heterocycles. The highest BCUT2D eigenvalue weighted by Gasteiger charge is 2.33. The molecule has 2 fully saturated rings. The van der Waals surface area contributed by atoms with Gasteiger partial charge in [0.1, 0.15) is 0 Å². The van der Waals surface area contributed by atoms with Gasteiger partial charge in [0.05, 0.1) is 5.92 Å². The minimum Gasteiger partial charge on any atom is -0.342 e. The Labute approximate surface area is 105 Å². The standard InChI is InChI=1S/C14H26N2O/c1-2-9-16(10-11-7-8-11)14(17)12-5-3-4-6-13(12)15/h11-13H,2-10,15H2,1H3. The Hall–Kier alpha value is -0.570. The molecule has 1 amide bonds. The number of carbonyl (C=O) groups excluding carboxylic acids is 1. The van der Waals surface area contributed by atoms with E-state index in [9.17, 15) is 4.79 Å². The second-order valence-corrected chi connectivity index (χ2v) is 5.78. The molecule has 2 aliphatic carbocycles. The van der Waals surface area contributed by atoms with Crippen molar-refractivity contribution in [1.29, 1.82) is 0 Å². The molecule has 2 unspecified atom stereocenters. The van der Waals surface area contributed by atoms with Gasteiger partial charge in [-0.1, -0.05) is 19.8 Å². The third-order valence-electron chi connectivity index (χ3n) is 4.12. The molecule has 2 N–H and O–H groups in total. The summed E-state index contributed by atoms with van der Waals surface area (Å²) in [6.45, 7) is 4.04. The molecule has 0 aromatic heterocycles. The lowest BCUT2D eigenvalue weighted by Crippen LogP contribution is -2.46. The van der Waals surface area contributed by atoms with Crippen molar-refractivity contribution in [2.45, 2.75) is 57.9 Å². The lowest BCUT2D eigenvalue weighted by molar-refractivity contribution is -0.137. The maximum absolute atomic E-state index is 12.5. The van der Waals surface area contributed by atoms with Gasteiger partial charge in [-0.05, 0) is 38.0 Å². The van der Waals surface area contributed by atoms with E-state index in [1.54, 1.807) is 0 Å². The van der Waals surface area contributed by atoms with Gasteiger partial charge in [-0.25, -0.2) is 0 Å². The summed E-state index contributed by atoms with van der Waals surface area (Å²) in [6, 6.07) is 0.106. The van der Waals surface area contributed by atoms with Crippen LogP contribution in [0, 0.1) is 11.8 Å². The van der Waals surface area contributed by atoms with Crippen LogP contribution in [0.5, 0.6) is 0 Å². The maximum atomic E-state index is 12.5. The minimum absolute atomic E-state index is 0.106. The Morgan fingerprint density at radius 3 is 2.53 bits per heavy atom. The molecular weight excluding hydrogens is 212 g/mol. The molecule has 98 valence electrons. The second-order valence-electron chi connectivity index (χ2n) is 5.78. The monoisotopic (exact) mass is 238 g/mol. The van der Waals surface area contributed by atoms with Gasteiger partial charge in [0.15, 0.2) is 0 Å². The minimum atomic E-state index is 0.106. The lowest BCUT2D eigenvalue weighted by Gasteiger charge is -2.33. The van der Waals surface area contributed by atoms with Gasteiger partial charge in [-0.3, -0.25) is 4.79 Å². The van der Waals surface area contributed by atoms with Crippen molar-refractivity contribution >= 4 is 5.91 Å². The van der Waals surface area contributed by atoms with Crippen LogP contribution >= 0.6 is 0 Å². The van der Waals surface area contributed by atoms with Crippen LogP contribution in [0.1, 0.15) is 51.9 Å². The molecule has 2 atom stereocenters. The van der Waals surface area contributed by atoms with Gasteiger partial charge in [0.2, 0.25) is 5.91 Å². The summed E-state index contributed by atoms with van der Waals surface area (Å²) in [7, 11) is 0. The molecular formula is C14H26N2O. The highest BCUT2D eigenvalue weighted by molar-refractivity contribution is 5.79. The SMILES string of the molecule is CCCN(CC1CC1)C(=O)C1CCCCC1N. The van der Waals surface area contributed by atoms with Crippen LogP contribution in [0.15, 0.2) is 0 Å². The van der Waals surface area contributed by atoms with Gasteiger partial charge in [0.25, 0.3) is 0 Å². The third kappa shape index (κ3) is 3.44. The zero-order chi connectivity index (χ0) is 12.3. The van der Waals surface area contributed by atoms with Crippen LogP contribution in [0.2, 0.25) is 0 Å².